The fraction of sp³-hybridized carbons (Fsp3) is 0.522. The van der Waals surface area contributed by atoms with Gasteiger partial charge in [-0.15, -0.1) is 0 Å². The van der Waals surface area contributed by atoms with E-state index in [-0.39, 0.29) is 29.2 Å². The first-order valence-electron chi connectivity index (χ1n) is 11.6. The van der Waals surface area contributed by atoms with E-state index < -0.39 is 52.2 Å². The summed E-state index contributed by atoms with van der Waals surface area (Å²) in [5.41, 5.74) is 3.56. The van der Waals surface area contributed by atoms with Crippen LogP contribution in [0.3, 0.4) is 0 Å². The van der Waals surface area contributed by atoms with Gasteiger partial charge in [0.05, 0.1) is 16.6 Å². The molecule has 0 bridgehead atoms. The number of aliphatic carboxylic acids is 1. The quantitative estimate of drug-likeness (QED) is 0.444. The summed E-state index contributed by atoms with van der Waals surface area (Å²) < 4.78 is 48.9. The van der Waals surface area contributed by atoms with Crippen LogP contribution in [0.25, 0.3) is 10.9 Å². The second-order valence-corrected chi connectivity index (χ2v) is 9.21. The lowest BCUT2D eigenvalue weighted by Gasteiger charge is -2.26. The molecule has 10 nitrogen and oxygen atoms in total. The monoisotopic (exact) mass is 512 g/mol. The number of hydrogen-bond donors (Lipinski definition) is 4. The van der Waals surface area contributed by atoms with Gasteiger partial charge in [0.2, 0.25) is 5.43 Å². The van der Waals surface area contributed by atoms with Crippen LogP contribution < -0.4 is 26.1 Å². The van der Waals surface area contributed by atoms with Crippen LogP contribution in [-0.2, 0) is 4.79 Å². The molecule has 36 heavy (non-hydrogen) atoms. The number of rotatable bonds is 5. The van der Waals surface area contributed by atoms with E-state index in [1.54, 1.807) is 4.90 Å². The Morgan fingerprint density at radius 2 is 1.89 bits per heavy atom. The van der Waals surface area contributed by atoms with Gasteiger partial charge in [-0.05, 0) is 38.1 Å². The average Bonchev–Trinajstić information content (AvgIpc) is 3.54. The molecule has 0 unspecified atom stereocenters. The highest BCUT2D eigenvalue weighted by molar-refractivity contribution is 6.03. The Labute approximate surface area is 203 Å². The molecule has 0 spiro atoms. The van der Waals surface area contributed by atoms with Crippen LogP contribution in [0.2, 0.25) is 0 Å². The predicted octanol–water partition coefficient (Wildman–Crippen LogP) is 2.64. The van der Waals surface area contributed by atoms with Gasteiger partial charge in [0.25, 0.3) is 5.97 Å². The molecule has 0 amide bonds. The van der Waals surface area contributed by atoms with Crippen molar-refractivity contribution in [2.24, 2.45) is 5.92 Å². The largest absolute Gasteiger partial charge is 0.481 e. The SMILES string of the molecule is CC(=O)O.Nc1c(F)c(N2C[C@@H]3CCCN[C@@H]3C2)c(OC(F)F)c2c1c(=O)c(C(=O)O)cn2C1CC1. The van der Waals surface area contributed by atoms with E-state index in [0.29, 0.717) is 25.9 Å². The summed E-state index contributed by atoms with van der Waals surface area (Å²) in [4.78, 5) is 35.2. The van der Waals surface area contributed by atoms with Crippen molar-refractivity contribution in [1.82, 2.24) is 9.88 Å². The van der Waals surface area contributed by atoms with E-state index in [1.807, 2.05) is 0 Å². The number of nitrogens with zero attached hydrogens (tertiary/aromatic N) is 2. The Hall–Kier alpha value is -3.48. The van der Waals surface area contributed by atoms with E-state index >= 15 is 4.39 Å². The number of hydrogen-bond acceptors (Lipinski definition) is 7. The van der Waals surface area contributed by atoms with Gasteiger partial charge in [-0.3, -0.25) is 9.59 Å². The van der Waals surface area contributed by atoms with Crippen LogP contribution in [-0.4, -0.2) is 59.0 Å². The summed E-state index contributed by atoms with van der Waals surface area (Å²) in [7, 11) is 0. The van der Waals surface area contributed by atoms with Crippen molar-refractivity contribution in [2.45, 2.75) is 51.3 Å². The van der Waals surface area contributed by atoms with E-state index in [1.165, 1.54) is 4.57 Å². The van der Waals surface area contributed by atoms with Crippen LogP contribution in [0.15, 0.2) is 11.0 Å². The molecule has 5 N–H and O–H groups in total. The number of carboxylic acids is 2. The normalized spacial score (nSPS) is 21.2. The highest BCUT2D eigenvalue weighted by Crippen LogP contribution is 2.47. The first-order valence-corrected chi connectivity index (χ1v) is 11.6. The topological polar surface area (TPSA) is 147 Å². The number of aromatic carboxylic acids is 1. The van der Waals surface area contributed by atoms with Gasteiger partial charge in [0, 0.05) is 38.3 Å². The van der Waals surface area contributed by atoms with Gasteiger partial charge in [-0.1, -0.05) is 0 Å². The predicted molar refractivity (Wildman–Crippen MR) is 124 cm³/mol. The minimum absolute atomic E-state index is 0.0829. The highest BCUT2D eigenvalue weighted by Gasteiger charge is 2.39. The van der Waals surface area contributed by atoms with Crippen molar-refractivity contribution < 1.29 is 37.7 Å². The molecule has 5 rings (SSSR count). The molecule has 0 radical (unpaired) electrons. The number of halogens is 3. The Kier molecular flexibility index (Phi) is 7.03. The van der Waals surface area contributed by atoms with Gasteiger partial charge in [-0.2, -0.15) is 8.78 Å². The third-order valence-electron chi connectivity index (χ3n) is 6.67. The summed E-state index contributed by atoms with van der Waals surface area (Å²) in [5.74, 6) is -3.63. The molecule has 3 aliphatic rings. The first-order chi connectivity index (χ1) is 17.0. The van der Waals surface area contributed by atoms with E-state index in [9.17, 15) is 23.5 Å². The second-order valence-electron chi connectivity index (χ2n) is 9.21. The molecule has 1 saturated carbocycles. The molecule has 196 valence electrons. The molecule has 2 aromatic rings. The number of nitrogen functional groups attached to an aromatic ring is 1. The van der Waals surface area contributed by atoms with Gasteiger partial charge in [0.1, 0.15) is 11.3 Å². The lowest BCUT2D eigenvalue weighted by molar-refractivity contribution is -0.134. The molecule has 2 saturated heterocycles. The molecule has 1 aromatic carbocycles. The summed E-state index contributed by atoms with van der Waals surface area (Å²) in [5, 5.41) is 19.8. The summed E-state index contributed by atoms with van der Waals surface area (Å²) in [6.45, 7) is -0.547. The third-order valence-corrected chi connectivity index (χ3v) is 6.67. The number of nitrogens with two attached hydrogens (primary N) is 1. The lowest BCUT2D eigenvalue weighted by atomic mass is 9.94. The summed E-state index contributed by atoms with van der Waals surface area (Å²) >= 11 is 0. The van der Waals surface area contributed by atoms with Crippen molar-refractivity contribution in [2.75, 3.05) is 30.3 Å². The summed E-state index contributed by atoms with van der Waals surface area (Å²) in [6, 6.07) is -0.128. The number of nitrogens with one attached hydrogen (secondary N) is 1. The zero-order chi connectivity index (χ0) is 26.3. The van der Waals surface area contributed by atoms with Gasteiger partial charge < -0.3 is 35.5 Å². The zero-order valence-corrected chi connectivity index (χ0v) is 19.5. The average molecular weight is 512 g/mol. The fourth-order valence-electron chi connectivity index (χ4n) is 5.07. The zero-order valence-electron chi connectivity index (χ0n) is 19.5. The number of anilines is 2. The maximum Gasteiger partial charge on any atom is 0.387 e. The maximum absolute atomic E-state index is 15.6. The standard InChI is InChI=1S/C21H23F3N4O4.C2H4O2/c22-14-15(25)13-16(28(10-3-4-10)7-11(18(13)29)20(30)31)19(32-21(23)24)17(14)27-6-9-2-1-5-26-12(9)8-27;1-2(3)4/h7,9-10,12,21,26H,1-6,8,25H2,(H,30,31);1H3,(H,3,4)/t9-,12+;/m0./s1. The number of carboxylic acid groups (broad SMARTS) is 2. The molecule has 1 aliphatic carbocycles. The van der Waals surface area contributed by atoms with Crippen molar-refractivity contribution >= 4 is 34.2 Å². The van der Waals surface area contributed by atoms with Crippen molar-refractivity contribution in [3.8, 4) is 5.75 Å². The van der Waals surface area contributed by atoms with Gasteiger partial charge in [0.15, 0.2) is 11.6 Å². The van der Waals surface area contributed by atoms with Gasteiger partial charge in [-0.25, -0.2) is 9.18 Å². The maximum atomic E-state index is 15.6. The van der Waals surface area contributed by atoms with Gasteiger partial charge >= 0.3 is 12.6 Å². The number of pyridine rings is 1. The molecular formula is C23H27F3N4O6. The van der Waals surface area contributed by atoms with Crippen molar-refractivity contribution in [3.63, 3.8) is 0 Å². The summed E-state index contributed by atoms with van der Waals surface area (Å²) in [6.07, 6.45) is 4.34. The van der Waals surface area contributed by atoms with E-state index in [2.05, 4.69) is 5.32 Å². The number of fused-ring (bicyclic) bond motifs is 2. The van der Waals surface area contributed by atoms with E-state index in [4.69, 9.17) is 20.4 Å². The van der Waals surface area contributed by atoms with Crippen molar-refractivity contribution in [3.05, 3.63) is 27.8 Å². The lowest BCUT2D eigenvalue weighted by Crippen LogP contribution is -2.40. The number of ether oxygens (including phenoxy) is 1. The fourth-order valence-corrected chi connectivity index (χ4v) is 5.07. The number of piperidine rings is 1. The second kappa shape index (κ2) is 9.88. The molecule has 2 aliphatic heterocycles. The van der Waals surface area contributed by atoms with Crippen LogP contribution in [0.1, 0.15) is 49.0 Å². The molecule has 1 aromatic heterocycles. The van der Waals surface area contributed by atoms with Crippen molar-refractivity contribution in [1.29, 1.82) is 0 Å². The molecule has 2 atom stereocenters. The Morgan fingerprint density at radius 3 is 2.44 bits per heavy atom. The number of benzene rings is 1. The smallest absolute Gasteiger partial charge is 0.387 e. The Morgan fingerprint density at radius 1 is 1.22 bits per heavy atom. The Bertz CT molecular complexity index is 1250. The highest BCUT2D eigenvalue weighted by atomic mass is 19.3. The van der Waals surface area contributed by atoms with Crippen LogP contribution >= 0.6 is 0 Å². The third kappa shape index (κ3) is 4.79. The minimum Gasteiger partial charge on any atom is -0.481 e. The number of aromatic nitrogens is 1. The number of carbonyl (C=O) groups is 2. The molecular weight excluding hydrogens is 485 g/mol. The molecule has 3 fully saturated rings. The molecule has 13 heteroatoms. The van der Waals surface area contributed by atoms with E-state index in [0.717, 1.165) is 32.5 Å². The molecule has 3 heterocycles. The van der Waals surface area contributed by atoms with Crippen LogP contribution in [0.4, 0.5) is 24.5 Å². The first kappa shape index (κ1) is 25.6. The minimum atomic E-state index is -3.27. The van der Waals surface area contributed by atoms with Crippen LogP contribution in [0, 0.1) is 11.7 Å². The number of alkyl halides is 2. The van der Waals surface area contributed by atoms with Crippen LogP contribution in [0.5, 0.6) is 5.75 Å². The Balaban J connectivity index is 0.000000709.